The predicted molar refractivity (Wildman–Crippen MR) is 55.7 cm³/mol. The lowest BCUT2D eigenvalue weighted by Gasteiger charge is -2.18. The Kier molecular flexibility index (Phi) is 6.59. The number of nitrogens with one attached hydrogen (secondary N) is 1. The molecular formula is C10H22N2O. The van der Waals surface area contributed by atoms with Crippen LogP contribution in [0.2, 0.25) is 0 Å². The lowest BCUT2D eigenvalue weighted by Crippen LogP contribution is -2.35. The van der Waals surface area contributed by atoms with Crippen molar-refractivity contribution in [2.45, 2.75) is 39.7 Å². The second-order valence-corrected chi connectivity index (χ2v) is 3.67. The summed E-state index contributed by atoms with van der Waals surface area (Å²) in [6.45, 7) is 7.92. The fraction of sp³-hybridized carbons (Fsp3) is 0.900. The van der Waals surface area contributed by atoms with Gasteiger partial charge in [0.1, 0.15) is 0 Å². The Balaban J connectivity index is 3.49. The van der Waals surface area contributed by atoms with Gasteiger partial charge in [-0.15, -0.1) is 0 Å². The van der Waals surface area contributed by atoms with Gasteiger partial charge in [0.05, 0.1) is 0 Å². The van der Waals surface area contributed by atoms with Gasteiger partial charge in [-0.25, -0.2) is 0 Å². The molecule has 0 aliphatic carbocycles. The van der Waals surface area contributed by atoms with Crippen LogP contribution in [-0.4, -0.2) is 37.0 Å². The van der Waals surface area contributed by atoms with Crippen LogP contribution < -0.4 is 5.32 Å². The fourth-order valence-electron chi connectivity index (χ4n) is 1.05. The second kappa shape index (κ2) is 6.89. The van der Waals surface area contributed by atoms with Crippen LogP contribution in [0, 0.1) is 0 Å². The molecule has 1 N–H and O–H groups in total. The van der Waals surface area contributed by atoms with E-state index in [0.717, 1.165) is 19.5 Å². The molecule has 0 saturated heterocycles. The summed E-state index contributed by atoms with van der Waals surface area (Å²) in [4.78, 5) is 13.1. The van der Waals surface area contributed by atoms with E-state index in [1.54, 1.807) is 4.90 Å². The summed E-state index contributed by atoms with van der Waals surface area (Å²) < 4.78 is 0. The van der Waals surface area contributed by atoms with E-state index in [0.29, 0.717) is 12.5 Å². The van der Waals surface area contributed by atoms with E-state index in [1.807, 2.05) is 14.0 Å². The van der Waals surface area contributed by atoms with E-state index in [-0.39, 0.29) is 5.91 Å². The molecule has 0 saturated carbocycles. The Morgan fingerprint density at radius 3 is 2.54 bits per heavy atom. The van der Waals surface area contributed by atoms with Crippen molar-refractivity contribution in [1.29, 1.82) is 0 Å². The van der Waals surface area contributed by atoms with E-state index >= 15 is 0 Å². The van der Waals surface area contributed by atoms with Crippen molar-refractivity contribution in [1.82, 2.24) is 10.2 Å². The highest BCUT2D eigenvalue weighted by Gasteiger charge is 2.05. The Morgan fingerprint density at radius 1 is 1.46 bits per heavy atom. The van der Waals surface area contributed by atoms with Gasteiger partial charge >= 0.3 is 0 Å². The molecule has 0 fully saturated rings. The molecule has 78 valence electrons. The van der Waals surface area contributed by atoms with Crippen LogP contribution >= 0.6 is 0 Å². The molecule has 0 rings (SSSR count). The first-order chi connectivity index (χ1) is 6.07. The number of carbonyl (C=O) groups is 1. The largest absolute Gasteiger partial charge is 0.344 e. The predicted octanol–water partition coefficient (Wildman–Crippen LogP) is 1.24. The quantitative estimate of drug-likeness (QED) is 0.677. The molecule has 0 heterocycles. The van der Waals surface area contributed by atoms with Crippen LogP contribution in [0.4, 0.5) is 0 Å². The number of hydrogen-bond acceptors (Lipinski definition) is 2. The van der Waals surface area contributed by atoms with E-state index < -0.39 is 0 Å². The van der Waals surface area contributed by atoms with Crippen LogP contribution in [-0.2, 0) is 4.79 Å². The summed E-state index contributed by atoms with van der Waals surface area (Å²) in [5, 5.41) is 3.28. The number of rotatable bonds is 6. The van der Waals surface area contributed by atoms with Crippen molar-refractivity contribution in [3.8, 4) is 0 Å². The molecule has 3 nitrogen and oxygen atoms in total. The fourth-order valence-corrected chi connectivity index (χ4v) is 1.05. The molecule has 1 amide bonds. The summed E-state index contributed by atoms with van der Waals surface area (Å²) in [7, 11) is 1.86. The number of carbonyl (C=O) groups excluding carboxylic acids is 1. The molecule has 0 aromatic rings. The third-order valence-electron chi connectivity index (χ3n) is 1.89. The summed E-state index contributed by atoms with van der Waals surface area (Å²) in [5.74, 6) is 0.244. The van der Waals surface area contributed by atoms with Gasteiger partial charge in [-0.3, -0.25) is 4.79 Å². The molecule has 0 radical (unpaired) electrons. The van der Waals surface area contributed by atoms with Crippen molar-refractivity contribution < 1.29 is 4.79 Å². The van der Waals surface area contributed by atoms with E-state index in [1.165, 1.54) is 0 Å². The van der Waals surface area contributed by atoms with E-state index in [9.17, 15) is 4.79 Å². The first-order valence-corrected chi connectivity index (χ1v) is 5.05. The van der Waals surface area contributed by atoms with Gasteiger partial charge in [-0.2, -0.15) is 0 Å². The van der Waals surface area contributed by atoms with Crippen molar-refractivity contribution in [3.63, 3.8) is 0 Å². The van der Waals surface area contributed by atoms with Crippen molar-refractivity contribution in [2.75, 3.05) is 20.1 Å². The van der Waals surface area contributed by atoms with Gasteiger partial charge in [0, 0.05) is 32.6 Å². The Labute approximate surface area is 81.5 Å². The molecule has 0 aliphatic heterocycles. The first kappa shape index (κ1) is 12.4. The zero-order chi connectivity index (χ0) is 10.3. The lowest BCUT2D eigenvalue weighted by molar-refractivity contribution is -0.129. The summed E-state index contributed by atoms with van der Waals surface area (Å²) in [5.41, 5.74) is 0. The van der Waals surface area contributed by atoms with Crippen molar-refractivity contribution >= 4 is 5.91 Å². The molecule has 0 atom stereocenters. The molecule has 0 aromatic carbocycles. The van der Waals surface area contributed by atoms with Gasteiger partial charge in [-0.1, -0.05) is 20.8 Å². The zero-order valence-electron chi connectivity index (χ0n) is 9.26. The highest BCUT2D eigenvalue weighted by Crippen LogP contribution is 1.93. The maximum atomic E-state index is 11.3. The standard InChI is InChI=1S/C10H22N2O/c1-5-6-10(13)12(4)8-7-11-9(2)3/h9,11H,5-8H2,1-4H3. The summed E-state index contributed by atoms with van der Waals surface area (Å²) in [6, 6.07) is 0.495. The number of amides is 1. The summed E-state index contributed by atoms with van der Waals surface area (Å²) >= 11 is 0. The smallest absolute Gasteiger partial charge is 0.222 e. The van der Waals surface area contributed by atoms with Gasteiger partial charge < -0.3 is 10.2 Å². The second-order valence-electron chi connectivity index (χ2n) is 3.67. The topological polar surface area (TPSA) is 32.3 Å². The van der Waals surface area contributed by atoms with Crippen LogP contribution in [0.15, 0.2) is 0 Å². The van der Waals surface area contributed by atoms with Gasteiger partial charge in [0.2, 0.25) is 5.91 Å². The minimum Gasteiger partial charge on any atom is -0.344 e. The van der Waals surface area contributed by atoms with Crippen molar-refractivity contribution in [2.24, 2.45) is 0 Å². The molecule has 0 aliphatic rings. The Bertz CT molecular complexity index is 146. The monoisotopic (exact) mass is 186 g/mol. The highest BCUT2D eigenvalue weighted by molar-refractivity contribution is 5.75. The van der Waals surface area contributed by atoms with Crippen LogP contribution in [0.25, 0.3) is 0 Å². The van der Waals surface area contributed by atoms with Gasteiger partial charge in [0.25, 0.3) is 0 Å². The zero-order valence-corrected chi connectivity index (χ0v) is 9.26. The van der Waals surface area contributed by atoms with E-state index in [4.69, 9.17) is 0 Å². The normalized spacial score (nSPS) is 10.5. The molecule has 0 spiro atoms. The Hall–Kier alpha value is -0.570. The van der Waals surface area contributed by atoms with Gasteiger partial charge in [0.15, 0.2) is 0 Å². The number of hydrogen-bond donors (Lipinski definition) is 1. The third kappa shape index (κ3) is 6.58. The first-order valence-electron chi connectivity index (χ1n) is 5.05. The minimum atomic E-state index is 0.244. The molecule has 0 aromatic heterocycles. The Morgan fingerprint density at radius 2 is 2.08 bits per heavy atom. The number of likely N-dealkylation sites (N-methyl/N-ethyl adjacent to an activating group) is 1. The number of nitrogens with zero attached hydrogens (tertiary/aromatic N) is 1. The van der Waals surface area contributed by atoms with Gasteiger partial charge in [-0.05, 0) is 6.42 Å². The van der Waals surface area contributed by atoms with Crippen LogP contribution in [0.3, 0.4) is 0 Å². The molecule has 13 heavy (non-hydrogen) atoms. The minimum absolute atomic E-state index is 0.244. The molecule has 3 heteroatoms. The lowest BCUT2D eigenvalue weighted by atomic mass is 10.3. The maximum absolute atomic E-state index is 11.3. The van der Waals surface area contributed by atoms with Crippen molar-refractivity contribution in [3.05, 3.63) is 0 Å². The SMILES string of the molecule is CCCC(=O)N(C)CCNC(C)C. The van der Waals surface area contributed by atoms with Crippen LogP contribution in [0.5, 0.6) is 0 Å². The van der Waals surface area contributed by atoms with E-state index in [2.05, 4.69) is 19.2 Å². The summed E-state index contributed by atoms with van der Waals surface area (Å²) in [6.07, 6.45) is 1.60. The van der Waals surface area contributed by atoms with Crippen LogP contribution in [0.1, 0.15) is 33.6 Å². The third-order valence-corrected chi connectivity index (χ3v) is 1.89. The highest BCUT2D eigenvalue weighted by atomic mass is 16.2. The molecule has 0 unspecified atom stereocenters. The molecular weight excluding hydrogens is 164 g/mol. The maximum Gasteiger partial charge on any atom is 0.222 e. The average Bonchev–Trinajstić information content (AvgIpc) is 2.04. The average molecular weight is 186 g/mol. The molecule has 0 bridgehead atoms.